The highest BCUT2D eigenvalue weighted by atomic mass is 28.4. The predicted molar refractivity (Wildman–Crippen MR) is 66.8 cm³/mol. The van der Waals surface area contributed by atoms with Gasteiger partial charge in [0.2, 0.25) is 0 Å². The third-order valence-corrected chi connectivity index (χ3v) is 7.38. The van der Waals surface area contributed by atoms with Crippen molar-refractivity contribution in [3.63, 3.8) is 0 Å². The molecule has 0 aliphatic carbocycles. The fraction of sp³-hybridized carbons (Fsp3) is 0.500. The Labute approximate surface area is 98.0 Å². The van der Waals surface area contributed by atoms with Crippen molar-refractivity contribution in [3.8, 4) is 0 Å². The monoisotopic (exact) mass is 237 g/mol. The van der Waals surface area contributed by atoms with E-state index in [4.69, 9.17) is 4.43 Å². The van der Waals surface area contributed by atoms with Crippen LogP contribution in [-0.4, -0.2) is 19.3 Å². The predicted octanol–water partition coefficient (Wildman–Crippen LogP) is 3.24. The van der Waals surface area contributed by atoms with Gasteiger partial charge in [-0.25, -0.2) is 4.79 Å². The third kappa shape index (κ3) is 2.92. The molecule has 1 aromatic rings. The van der Waals surface area contributed by atoms with Crippen LogP contribution < -0.4 is 0 Å². The van der Waals surface area contributed by atoms with E-state index >= 15 is 0 Å². The summed E-state index contributed by atoms with van der Waals surface area (Å²) in [5.41, 5.74) is 0.569. The number of carbonyl (C=O) groups is 1. The Morgan fingerprint density at radius 1 is 1.25 bits per heavy atom. The third-order valence-electron chi connectivity index (χ3n) is 3.07. The minimum Gasteiger partial charge on any atom is -0.516 e. The van der Waals surface area contributed by atoms with Gasteiger partial charge in [-0.1, -0.05) is 20.8 Å². The molecule has 1 aromatic heterocycles. The number of nitrogens with zero attached hydrogens (tertiary/aromatic N) is 1. The van der Waals surface area contributed by atoms with Gasteiger partial charge in [-0.05, 0) is 30.3 Å². The molecule has 0 N–H and O–H groups in total. The van der Waals surface area contributed by atoms with Gasteiger partial charge in [0.25, 0.3) is 8.32 Å². The molecule has 0 unspecified atom stereocenters. The second-order valence-corrected chi connectivity index (χ2v) is 10.1. The van der Waals surface area contributed by atoms with Crippen molar-refractivity contribution in [2.24, 2.45) is 0 Å². The lowest BCUT2D eigenvalue weighted by Gasteiger charge is -2.35. The van der Waals surface area contributed by atoms with Crippen LogP contribution in [0.4, 0.5) is 0 Å². The van der Waals surface area contributed by atoms with Crippen LogP contribution in [0, 0.1) is 0 Å². The van der Waals surface area contributed by atoms with E-state index in [1.54, 1.807) is 24.5 Å². The SMILES string of the molecule is CC(C)(C)[Si](C)(C)OC(=O)c1ccncc1. The Bertz CT molecular complexity index is 368. The smallest absolute Gasteiger partial charge is 0.324 e. The van der Waals surface area contributed by atoms with Gasteiger partial charge in [-0.2, -0.15) is 0 Å². The molecule has 3 nitrogen and oxygen atoms in total. The van der Waals surface area contributed by atoms with Crippen molar-refractivity contribution in [1.29, 1.82) is 0 Å². The summed E-state index contributed by atoms with van der Waals surface area (Å²) in [6, 6.07) is 3.35. The lowest BCUT2D eigenvalue weighted by molar-refractivity contribution is 0.0712. The summed E-state index contributed by atoms with van der Waals surface area (Å²) in [4.78, 5) is 15.8. The van der Waals surface area contributed by atoms with Crippen LogP contribution in [0.15, 0.2) is 24.5 Å². The van der Waals surface area contributed by atoms with Crippen LogP contribution >= 0.6 is 0 Å². The highest BCUT2D eigenvalue weighted by Gasteiger charge is 2.40. The van der Waals surface area contributed by atoms with Crippen molar-refractivity contribution >= 4 is 14.3 Å². The molecule has 0 aliphatic heterocycles. The maximum atomic E-state index is 11.9. The summed E-state index contributed by atoms with van der Waals surface area (Å²) in [5, 5.41) is 0.0374. The Kier molecular flexibility index (Phi) is 3.53. The maximum absolute atomic E-state index is 11.9. The van der Waals surface area contributed by atoms with Crippen molar-refractivity contribution in [3.05, 3.63) is 30.1 Å². The topological polar surface area (TPSA) is 39.2 Å². The molecule has 1 heterocycles. The van der Waals surface area contributed by atoms with Crippen molar-refractivity contribution in [1.82, 2.24) is 4.98 Å². The molecule has 0 saturated heterocycles. The van der Waals surface area contributed by atoms with Gasteiger partial charge in [0.1, 0.15) is 0 Å². The van der Waals surface area contributed by atoms with Gasteiger partial charge in [0.15, 0.2) is 0 Å². The molecule has 16 heavy (non-hydrogen) atoms. The Morgan fingerprint density at radius 2 is 1.75 bits per heavy atom. The highest BCUT2D eigenvalue weighted by molar-refractivity contribution is 6.75. The summed E-state index contributed by atoms with van der Waals surface area (Å²) in [6.45, 7) is 10.5. The minimum absolute atomic E-state index is 0.0374. The van der Waals surface area contributed by atoms with E-state index < -0.39 is 8.32 Å². The summed E-state index contributed by atoms with van der Waals surface area (Å²) in [6.07, 6.45) is 3.20. The molecule has 0 fully saturated rings. The minimum atomic E-state index is -2.02. The zero-order valence-electron chi connectivity index (χ0n) is 10.6. The number of aromatic nitrogens is 1. The Morgan fingerprint density at radius 3 is 2.19 bits per heavy atom. The van der Waals surface area contributed by atoms with Crippen LogP contribution in [-0.2, 0) is 4.43 Å². The van der Waals surface area contributed by atoms with Crippen molar-refractivity contribution in [2.75, 3.05) is 0 Å². The first-order chi connectivity index (χ1) is 7.24. The van der Waals surface area contributed by atoms with Crippen LogP contribution in [0.1, 0.15) is 31.1 Å². The van der Waals surface area contributed by atoms with E-state index in [2.05, 4.69) is 38.8 Å². The zero-order valence-corrected chi connectivity index (χ0v) is 11.6. The standard InChI is InChI=1S/C12H19NO2Si/c1-12(2,3)16(4,5)15-11(14)10-6-8-13-9-7-10/h6-9H,1-5H3. The van der Waals surface area contributed by atoms with Gasteiger partial charge < -0.3 is 4.43 Å². The number of hydrogen-bond acceptors (Lipinski definition) is 3. The molecular weight excluding hydrogens is 218 g/mol. The average Bonchev–Trinajstić information content (AvgIpc) is 2.16. The van der Waals surface area contributed by atoms with Gasteiger partial charge >= 0.3 is 5.97 Å². The van der Waals surface area contributed by atoms with E-state index in [0.29, 0.717) is 5.56 Å². The highest BCUT2D eigenvalue weighted by Crippen LogP contribution is 2.36. The molecule has 0 spiro atoms. The lowest BCUT2D eigenvalue weighted by atomic mass is 10.2. The second kappa shape index (κ2) is 4.37. The first-order valence-electron chi connectivity index (χ1n) is 5.37. The van der Waals surface area contributed by atoms with E-state index in [0.717, 1.165) is 0 Å². The normalized spacial score (nSPS) is 12.3. The Balaban J connectivity index is 2.80. The van der Waals surface area contributed by atoms with Crippen LogP contribution in [0.2, 0.25) is 18.1 Å². The number of hydrogen-bond donors (Lipinski definition) is 0. The van der Waals surface area contributed by atoms with Crippen LogP contribution in [0.3, 0.4) is 0 Å². The molecule has 0 aromatic carbocycles. The lowest BCUT2D eigenvalue weighted by Crippen LogP contribution is -2.42. The van der Waals surface area contributed by atoms with Crippen LogP contribution in [0.5, 0.6) is 0 Å². The summed E-state index contributed by atoms with van der Waals surface area (Å²) in [7, 11) is -2.02. The molecule has 0 saturated carbocycles. The maximum Gasteiger partial charge on any atom is 0.324 e. The molecule has 1 rings (SSSR count). The molecular formula is C12H19NO2Si. The van der Waals surface area contributed by atoms with E-state index in [-0.39, 0.29) is 11.0 Å². The molecule has 0 radical (unpaired) electrons. The van der Waals surface area contributed by atoms with Gasteiger partial charge in [0, 0.05) is 12.4 Å². The quantitative estimate of drug-likeness (QED) is 0.741. The fourth-order valence-electron chi connectivity index (χ4n) is 0.932. The van der Waals surface area contributed by atoms with E-state index in [1.165, 1.54) is 0 Å². The Hall–Kier alpha value is -1.16. The summed E-state index contributed by atoms with van der Waals surface area (Å²) >= 11 is 0. The molecule has 4 heteroatoms. The largest absolute Gasteiger partial charge is 0.516 e. The van der Waals surface area contributed by atoms with Gasteiger partial charge in [0.05, 0.1) is 5.56 Å². The molecule has 0 atom stereocenters. The van der Waals surface area contributed by atoms with Gasteiger partial charge in [-0.15, -0.1) is 0 Å². The number of rotatable bonds is 2. The van der Waals surface area contributed by atoms with Gasteiger partial charge in [-0.3, -0.25) is 4.98 Å². The first kappa shape index (κ1) is 12.9. The van der Waals surface area contributed by atoms with Crippen molar-refractivity contribution in [2.45, 2.75) is 38.9 Å². The first-order valence-corrected chi connectivity index (χ1v) is 8.28. The molecule has 0 bridgehead atoms. The zero-order chi connectivity index (χ0) is 12.4. The van der Waals surface area contributed by atoms with Crippen molar-refractivity contribution < 1.29 is 9.22 Å². The molecule has 0 amide bonds. The summed E-state index contributed by atoms with van der Waals surface area (Å²) < 4.78 is 5.66. The fourth-order valence-corrected chi connectivity index (χ4v) is 1.82. The number of pyridine rings is 1. The molecule has 0 aliphatic rings. The van der Waals surface area contributed by atoms with E-state index in [9.17, 15) is 4.79 Å². The summed E-state index contributed by atoms with van der Waals surface area (Å²) in [5.74, 6) is -0.242. The molecule has 88 valence electrons. The average molecular weight is 237 g/mol. The second-order valence-electron chi connectivity index (χ2n) is 5.39. The van der Waals surface area contributed by atoms with E-state index in [1.807, 2.05) is 0 Å². The van der Waals surface area contributed by atoms with Crippen LogP contribution in [0.25, 0.3) is 0 Å². The number of carbonyl (C=O) groups excluding carboxylic acids is 1.